The largest absolute Gasteiger partial charge is 0.493 e. The molecule has 0 aromatic heterocycles. The maximum Gasteiger partial charge on any atom is 0.329 e. The van der Waals surface area contributed by atoms with Crippen LogP contribution in [0.25, 0.3) is 0 Å². The van der Waals surface area contributed by atoms with Crippen LogP contribution in [0, 0.1) is 0 Å². The predicted molar refractivity (Wildman–Crippen MR) is 96.5 cm³/mol. The van der Waals surface area contributed by atoms with Crippen molar-refractivity contribution in [3.05, 3.63) is 42.0 Å². The SMILES string of the molecule is COc1ccc(NC(=O)C(=O)NN=Cc2ccc3c(c2)OCO3)cc1OC. The number of hydrazone groups is 1. The lowest BCUT2D eigenvalue weighted by molar-refractivity contribution is -0.136. The van der Waals surface area contributed by atoms with Gasteiger partial charge in [-0.05, 0) is 35.9 Å². The van der Waals surface area contributed by atoms with Crippen molar-refractivity contribution < 1.29 is 28.5 Å². The standard InChI is InChI=1S/C18H17N3O6/c1-24-13-6-4-12(8-15(13)25-2)20-17(22)18(23)21-19-9-11-3-5-14-16(7-11)27-10-26-14/h3-9H,10H2,1-2H3,(H,20,22)(H,21,23). The molecule has 9 heteroatoms. The first-order chi connectivity index (χ1) is 13.1. The normalized spacial score (nSPS) is 11.9. The molecule has 0 bridgehead atoms. The quantitative estimate of drug-likeness (QED) is 0.469. The molecule has 0 saturated carbocycles. The Hall–Kier alpha value is -3.75. The van der Waals surface area contributed by atoms with Gasteiger partial charge in [-0.2, -0.15) is 5.10 Å². The lowest BCUT2D eigenvalue weighted by atomic mass is 10.2. The molecule has 1 heterocycles. The highest BCUT2D eigenvalue weighted by Crippen LogP contribution is 2.32. The smallest absolute Gasteiger partial charge is 0.329 e. The zero-order valence-corrected chi connectivity index (χ0v) is 14.6. The number of hydrogen-bond acceptors (Lipinski definition) is 7. The fraction of sp³-hybridized carbons (Fsp3) is 0.167. The second-order valence-corrected chi connectivity index (χ2v) is 5.34. The van der Waals surface area contributed by atoms with Gasteiger partial charge in [0.2, 0.25) is 6.79 Å². The summed E-state index contributed by atoms with van der Waals surface area (Å²) in [6.45, 7) is 0.170. The molecule has 1 aliphatic heterocycles. The highest BCUT2D eigenvalue weighted by Gasteiger charge is 2.15. The van der Waals surface area contributed by atoms with Crippen molar-refractivity contribution >= 4 is 23.7 Å². The second kappa shape index (κ2) is 8.09. The summed E-state index contributed by atoms with van der Waals surface area (Å²) in [6.07, 6.45) is 1.39. The molecule has 1 aliphatic rings. The van der Waals surface area contributed by atoms with E-state index in [4.69, 9.17) is 18.9 Å². The monoisotopic (exact) mass is 371 g/mol. The highest BCUT2D eigenvalue weighted by molar-refractivity contribution is 6.39. The van der Waals surface area contributed by atoms with Crippen LogP contribution in [0.5, 0.6) is 23.0 Å². The van der Waals surface area contributed by atoms with E-state index >= 15 is 0 Å². The Bertz CT molecular complexity index is 897. The van der Waals surface area contributed by atoms with Crippen LogP contribution in [0.1, 0.15) is 5.56 Å². The van der Waals surface area contributed by atoms with E-state index in [-0.39, 0.29) is 6.79 Å². The number of methoxy groups -OCH3 is 2. The number of nitrogens with one attached hydrogen (secondary N) is 2. The van der Waals surface area contributed by atoms with Crippen LogP contribution in [-0.4, -0.2) is 39.0 Å². The third kappa shape index (κ3) is 4.27. The highest BCUT2D eigenvalue weighted by atomic mass is 16.7. The molecule has 2 N–H and O–H groups in total. The number of carbonyl (C=O) groups is 2. The van der Waals surface area contributed by atoms with Crippen LogP contribution in [-0.2, 0) is 9.59 Å². The summed E-state index contributed by atoms with van der Waals surface area (Å²) in [5.41, 5.74) is 3.22. The third-order valence-electron chi connectivity index (χ3n) is 3.62. The number of ether oxygens (including phenoxy) is 4. The molecule has 0 unspecified atom stereocenters. The van der Waals surface area contributed by atoms with Gasteiger partial charge in [0.25, 0.3) is 0 Å². The number of amides is 2. The molecule has 0 spiro atoms. The fourth-order valence-electron chi connectivity index (χ4n) is 2.31. The zero-order valence-electron chi connectivity index (χ0n) is 14.6. The third-order valence-corrected chi connectivity index (χ3v) is 3.62. The van der Waals surface area contributed by atoms with Gasteiger partial charge in [0.15, 0.2) is 23.0 Å². The van der Waals surface area contributed by atoms with E-state index in [9.17, 15) is 9.59 Å². The Morgan fingerprint density at radius 1 is 1.00 bits per heavy atom. The van der Waals surface area contributed by atoms with E-state index in [0.29, 0.717) is 34.2 Å². The van der Waals surface area contributed by atoms with E-state index in [0.717, 1.165) is 0 Å². The molecule has 0 saturated heterocycles. The fourth-order valence-corrected chi connectivity index (χ4v) is 2.31. The van der Waals surface area contributed by atoms with Crippen molar-refractivity contribution in [2.75, 3.05) is 26.3 Å². The van der Waals surface area contributed by atoms with Gasteiger partial charge >= 0.3 is 11.8 Å². The lowest BCUT2D eigenvalue weighted by Gasteiger charge is -2.10. The van der Waals surface area contributed by atoms with E-state index in [2.05, 4.69) is 15.8 Å². The first kappa shape index (κ1) is 18.1. The summed E-state index contributed by atoms with van der Waals surface area (Å²) >= 11 is 0. The van der Waals surface area contributed by atoms with Gasteiger partial charge in [-0.1, -0.05) is 0 Å². The minimum absolute atomic E-state index is 0.170. The number of rotatable bonds is 5. The van der Waals surface area contributed by atoms with Gasteiger partial charge in [-0.25, -0.2) is 5.43 Å². The maximum absolute atomic E-state index is 12.0. The minimum Gasteiger partial charge on any atom is -0.493 e. The Labute approximate surface area is 154 Å². The Morgan fingerprint density at radius 3 is 2.56 bits per heavy atom. The molecular formula is C18H17N3O6. The predicted octanol–water partition coefficient (Wildman–Crippen LogP) is 1.52. The van der Waals surface area contributed by atoms with Crippen LogP contribution >= 0.6 is 0 Å². The minimum atomic E-state index is -0.915. The van der Waals surface area contributed by atoms with E-state index < -0.39 is 11.8 Å². The van der Waals surface area contributed by atoms with Gasteiger partial charge in [-0.3, -0.25) is 9.59 Å². The number of fused-ring (bicyclic) bond motifs is 1. The molecule has 2 aromatic rings. The molecule has 140 valence electrons. The van der Waals surface area contributed by atoms with Crippen LogP contribution in [0.3, 0.4) is 0 Å². The van der Waals surface area contributed by atoms with Crippen LogP contribution in [0.4, 0.5) is 5.69 Å². The average molecular weight is 371 g/mol. The number of benzene rings is 2. The molecule has 0 fully saturated rings. The zero-order chi connectivity index (χ0) is 19.2. The number of nitrogens with zero attached hydrogens (tertiary/aromatic N) is 1. The molecule has 2 aromatic carbocycles. The molecule has 9 nitrogen and oxygen atoms in total. The van der Waals surface area contributed by atoms with Gasteiger partial charge in [0.05, 0.1) is 20.4 Å². The first-order valence-corrected chi connectivity index (χ1v) is 7.87. The van der Waals surface area contributed by atoms with Crippen molar-refractivity contribution in [1.29, 1.82) is 0 Å². The van der Waals surface area contributed by atoms with Gasteiger partial charge in [-0.15, -0.1) is 0 Å². The summed E-state index contributed by atoms with van der Waals surface area (Å²) < 4.78 is 20.7. The van der Waals surface area contributed by atoms with Gasteiger partial charge in [0.1, 0.15) is 0 Å². The van der Waals surface area contributed by atoms with Crippen molar-refractivity contribution in [3.8, 4) is 23.0 Å². The molecule has 27 heavy (non-hydrogen) atoms. The molecular weight excluding hydrogens is 354 g/mol. The van der Waals surface area contributed by atoms with Crippen molar-refractivity contribution in [1.82, 2.24) is 5.43 Å². The van der Waals surface area contributed by atoms with Crippen molar-refractivity contribution in [2.24, 2.45) is 5.10 Å². The summed E-state index contributed by atoms with van der Waals surface area (Å²) in [6, 6.07) is 9.93. The van der Waals surface area contributed by atoms with Crippen LogP contribution in [0.15, 0.2) is 41.5 Å². The van der Waals surface area contributed by atoms with E-state index in [1.165, 1.54) is 20.4 Å². The Morgan fingerprint density at radius 2 is 1.78 bits per heavy atom. The summed E-state index contributed by atoms with van der Waals surface area (Å²) in [7, 11) is 2.97. The summed E-state index contributed by atoms with van der Waals surface area (Å²) in [5.74, 6) is 0.388. The number of hydrogen-bond donors (Lipinski definition) is 2. The molecule has 3 rings (SSSR count). The molecule has 0 radical (unpaired) electrons. The Kier molecular flexibility index (Phi) is 5.41. The second-order valence-electron chi connectivity index (χ2n) is 5.34. The number of carbonyl (C=O) groups excluding carboxylic acids is 2. The first-order valence-electron chi connectivity index (χ1n) is 7.87. The number of anilines is 1. The van der Waals surface area contributed by atoms with Gasteiger partial charge in [0, 0.05) is 11.8 Å². The van der Waals surface area contributed by atoms with Crippen molar-refractivity contribution in [2.45, 2.75) is 0 Å². The lowest BCUT2D eigenvalue weighted by Crippen LogP contribution is -2.32. The van der Waals surface area contributed by atoms with Crippen LogP contribution in [0.2, 0.25) is 0 Å². The molecule has 0 aliphatic carbocycles. The molecule has 0 atom stereocenters. The van der Waals surface area contributed by atoms with E-state index in [1.807, 2.05) is 0 Å². The average Bonchev–Trinajstić information content (AvgIpc) is 3.15. The molecule has 2 amide bonds. The van der Waals surface area contributed by atoms with Crippen LogP contribution < -0.4 is 29.7 Å². The summed E-state index contributed by atoms with van der Waals surface area (Å²) in [5, 5.41) is 6.22. The van der Waals surface area contributed by atoms with Crippen molar-refractivity contribution in [3.63, 3.8) is 0 Å². The Balaban J connectivity index is 1.57. The topological polar surface area (TPSA) is 107 Å². The van der Waals surface area contributed by atoms with Gasteiger partial charge < -0.3 is 24.3 Å². The maximum atomic E-state index is 12.0. The van der Waals surface area contributed by atoms with E-state index in [1.54, 1.807) is 36.4 Å². The summed E-state index contributed by atoms with van der Waals surface area (Å²) in [4.78, 5) is 23.8.